The van der Waals surface area contributed by atoms with E-state index in [1.54, 1.807) is 6.07 Å². The number of halogens is 1. The van der Waals surface area contributed by atoms with Crippen LogP contribution in [-0.4, -0.2) is 48.5 Å². The molecule has 132 valence electrons. The first-order chi connectivity index (χ1) is 12.1. The highest BCUT2D eigenvalue weighted by molar-refractivity contribution is 6.32. The van der Waals surface area contributed by atoms with Gasteiger partial charge in [-0.25, -0.2) is 0 Å². The van der Waals surface area contributed by atoms with Crippen LogP contribution in [0.1, 0.15) is 11.1 Å². The summed E-state index contributed by atoms with van der Waals surface area (Å²) in [6.07, 6.45) is 0. The molecule has 5 heteroatoms. The molecule has 0 bridgehead atoms. The number of nitrogens with zero attached hydrogens (tertiary/aromatic N) is 2. The zero-order chi connectivity index (χ0) is 17.6. The summed E-state index contributed by atoms with van der Waals surface area (Å²) in [6.45, 7) is 6.15. The molecule has 0 aliphatic carbocycles. The monoisotopic (exact) mass is 358 g/mol. The number of rotatable bonds is 5. The van der Waals surface area contributed by atoms with Crippen LogP contribution in [0.4, 0.5) is 0 Å². The van der Waals surface area contributed by atoms with Crippen LogP contribution in [0.3, 0.4) is 0 Å². The van der Waals surface area contributed by atoms with Gasteiger partial charge in [-0.2, -0.15) is 0 Å². The maximum absolute atomic E-state index is 12.4. The molecule has 0 atom stereocenters. The smallest absolute Gasteiger partial charge is 0.260 e. The SMILES string of the molecule is Cc1ccc(Cl)c(OCC(=O)N2CCN(Cc3ccccc3)CC2)c1. The summed E-state index contributed by atoms with van der Waals surface area (Å²) in [4.78, 5) is 16.6. The third-order valence-corrected chi connectivity index (χ3v) is 4.72. The summed E-state index contributed by atoms with van der Waals surface area (Å²) >= 11 is 6.11. The van der Waals surface area contributed by atoms with Gasteiger partial charge >= 0.3 is 0 Å². The summed E-state index contributed by atoms with van der Waals surface area (Å²) in [7, 11) is 0. The van der Waals surface area contributed by atoms with Crippen molar-refractivity contribution in [1.82, 2.24) is 9.80 Å². The van der Waals surface area contributed by atoms with Crippen molar-refractivity contribution >= 4 is 17.5 Å². The highest BCUT2D eigenvalue weighted by Gasteiger charge is 2.21. The number of aryl methyl sites for hydroxylation is 1. The predicted octanol–water partition coefficient (Wildman–Crippen LogP) is 3.37. The number of carbonyl (C=O) groups is 1. The van der Waals surface area contributed by atoms with Crippen molar-refractivity contribution in [3.05, 3.63) is 64.7 Å². The number of carbonyl (C=O) groups excluding carboxylic acids is 1. The molecule has 0 N–H and O–H groups in total. The van der Waals surface area contributed by atoms with Gasteiger partial charge in [-0.05, 0) is 30.2 Å². The van der Waals surface area contributed by atoms with Crippen LogP contribution in [0, 0.1) is 6.92 Å². The molecular weight excluding hydrogens is 336 g/mol. The number of benzene rings is 2. The number of hydrogen-bond acceptors (Lipinski definition) is 3. The Morgan fingerprint density at radius 1 is 1.08 bits per heavy atom. The van der Waals surface area contributed by atoms with E-state index < -0.39 is 0 Å². The first-order valence-electron chi connectivity index (χ1n) is 8.55. The van der Waals surface area contributed by atoms with Gasteiger partial charge in [0.25, 0.3) is 5.91 Å². The standard InChI is InChI=1S/C20H23ClN2O2/c1-16-7-8-18(21)19(13-16)25-15-20(24)23-11-9-22(10-12-23)14-17-5-3-2-4-6-17/h2-8,13H,9-12,14-15H2,1H3. The first kappa shape index (κ1) is 17.8. The van der Waals surface area contributed by atoms with Crippen LogP contribution in [0.15, 0.2) is 48.5 Å². The summed E-state index contributed by atoms with van der Waals surface area (Å²) < 4.78 is 5.62. The third-order valence-electron chi connectivity index (χ3n) is 4.41. The molecule has 1 aliphatic heterocycles. The Morgan fingerprint density at radius 2 is 1.80 bits per heavy atom. The second kappa shape index (κ2) is 8.37. The van der Waals surface area contributed by atoms with E-state index in [9.17, 15) is 4.79 Å². The Kier molecular flexibility index (Phi) is 5.95. The molecule has 0 spiro atoms. The maximum atomic E-state index is 12.4. The van der Waals surface area contributed by atoms with Gasteiger partial charge in [0.1, 0.15) is 5.75 Å². The average molecular weight is 359 g/mol. The fourth-order valence-corrected chi connectivity index (χ4v) is 3.12. The molecule has 25 heavy (non-hydrogen) atoms. The van der Waals surface area contributed by atoms with Crippen LogP contribution in [0.2, 0.25) is 5.02 Å². The molecule has 1 fully saturated rings. The highest BCUT2D eigenvalue weighted by Crippen LogP contribution is 2.25. The predicted molar refractivity (Wildman–Crippen MR) is 100.0 cm³/mol. The molecule has 1 heterocycles. The van der Waals surface area contributed by atoms with Gasteiger partial charge in [-0.1, -0.05) is 48.0 Å². The topological polar surface area (TPSA) is 32.8 Å². The Labute approximate surface area is 154 Å². The van der Waals surface area contributed by atoms with Crippen LogP contribution >= 0.6 is 11.6 Å². The summed E-state index contributed by atoms with van der Waals surface area (Å²) in [6, 6.07) is 16.0. The van der Waals surface area contributed by atoms with Gasteiger partial charge in [0.05, 0.1) is 5.02 Å². The third kappa shape index (κ3) is 4.97. The molecule has 1 aliphatic rings. The Hall–Kier alpha value is -2.04. The molecule has 1 amide bonds. The quantitative estimate of drug-likeness (QED) is 0.821. The van der Waals surface area contributed by atoms with E-state index in [4.69, 9.17) is 16.3 Å². The van der Waals surface area contributed by atoms with E-state index >= 15 is 0 Å². The molecular formula is C20H23ClN2O2. The number of hydrogen-bond donors (Lipinski definition) is 0. The van der Waals surface area contributed by atoms with E-state index in [1.165, 1.54) is 5.56 Å². The van der Waals surface area contributed by atoms with Crippen LogP contribution < -0.4 is 4.74 Å². The Morgan fingerprint density at radius 3 is 2.52 bits per heavy atom. The minimum atomic E-state index is 0.0110. The van der Waals surface area contributed by atoms with Crippen LogP contribution in [-0.2, 0) is 11.3 Å². The second-order valence-electron chi connectivity index (χ2n) is 6.37. The number of amides is 1. The lowest BCUT2D eigenvalue weighted by atomic mass is 10.2. The van der Waals surface area contributed by atoms with Crippen molar-refractivity contribution < 1.29 is 9.53 Å². The van der Waals surface area contributed by atoms with Crippen molar-refractivity contribution in [1.29, 1.82) is 0 Å². The van der Waals surface area contributed by atoms with E-state index in [1.807, 2.05) is 30.0 Å². The fraction of sp³-hybridized carbons (Fsp3) is 0.350. The minimum absolute atomic E-state index is 0.0110. The minimum Gasteiger partial charge on any atom is -0.482 e. The summed E-state index contributed by atoms with van der Waals surface area (Å²) in [5.74, 6) is 0.578. The van der Waals surface area contributed by atoms with Crippen molar-refractivity contribution in [2.75, 3.05) is 32.8 Å². The van der Waals surface area contributed by atoms with Crippen molar-refractivity contribution in [2.45, 2.75) is 13.5 Å². The van der Waals surface area contributed by atoms with Gasteiger partial charge in [-0.3, -0.25) is 9.69 Å². The summed E-state index contributed by atoms with van der Waals surface area (Å²) in [5, 5.41) is 0.533. The fourth-order valence-electron chi connectivity index (χ4n) is 2.95. The largest absolute Gasteiger partial charge is 0.482 e. The molecule has 2 aromatic rings. The van der Waals surface area contributed by atoms with E-state index in [-0.39, 0.29) is 12.5 Å². The molecule has 2 aromatic carbocycles. The van der Waals surface area contributed by atoms with Gasteiger partial charge in [0.2, 0.25) is 0 Å². The molecule has 4 nitrogen and oxygen atoms in total. The number of piperazine rings is 1. The lowest BCUT2D eigenvalue weighted by Crippen LogP contribution is -2.49. The normalized spacial score (nSPS) is 15.2. The second-order valence-corrected chi connectivity index (χ2v) is 6.77. The van der Waals surface area contributed by atoms with E-state index in [0.29, 0.717) is 10.8 Å². The molecule has 0 saturated carbocycles. The Balaban J connectivity index is 1.46. The maximum Gasteiger partial charge on any atom is 0.260 e. The molecule has 0 unspecified atom stereocenters. The Bertz CT molecular complexity index is 713. The number of ether oxygens (including phenoxy) is 1. The van der Waals surface area contributed by atoms with Gasteiger partial charge in [0.15, 0.2) is 6.61 Å². The zero-order valence-corrected chi connectivity index (χ0v) is 15.2. The van der Waals surface area contributed by atoms with Crippen molar-refractivity contribution in [3.63, 3.8) is 0 Å². The van der Waals surface area contributed by atoms with E-state index in [2.05, 4.69) is 29.2 Å². The van der Waals surface area contributed by atoms with Crippen molar-refractivity contribution in [3.8, 4) is 5.75 Å². The van der Waals surface area contributed by atoms with Gasteiger partial charge < -0.3 is 9.64 Å². The molecule has 3 rings (SSSR count). The lowest BCUT2D eigenvalue weighted by molar-refractivity contribution is -0.135. The first-order valence-corrected chi connectivity index (χ1v) is 8.92. The lowest BCUT2D eigenvalue weighted by Gasteiger charge is -2.34. The van der Waals surface area contributed by atoms with Crippen LogP contribution in [0.5, 0.6) is 5.75 Å². The highest BCUT2D eigenvalue weighted by atomic mass is 35.5. The van der Waals surface area contributed by atoms with Crippen LogP contribution in [0.25, 0.3) is 0 Å². The summed E-state index contributed by atoms with van der Waals surface area (Å²) in [5.41, 5.74) is 2.36. The average Bonchev–Trinajstić information content (AvgIpc) is 2.64. The van der Waals surface area contributed by atoms with E-state index in [0.717, 1.165) is 38.3 Å². The van der Waals surface area contributed by atoms with Gasteiger partial charge in [0, 0.05) is 32.7 Å². The molecule has 0 radical (unpaired) electrons. The van der Waals surface area contributed by atoms with Gasteiger partial charge in [-0.15, -0.1) is 0 Å². The zero-order valence-electron chi connectivity index (χ0n) is 14.5. The molecule has 1 saturated heterocycles. The van der Waals surface area contributed by atoms with Crippen molar-refractivity contribution in [2.24, 2.45) is 0 Å². The molecule has 0 aromatic heterocycles.